The van der Waals surface area contributed by atoms with Crippen molar-refractivity contribution in [1.29, 1.82) is 0 Å². The van der Waals surface area contributed by atoms with E-state index in [-0.39, 0.29) is 11.6 Å². The number of benzene rings is 1. The van der Waals surface area contributed by atoms with Crippen LogP contribution in [0, 0.1) is 0 Å². The topological polar surface area (TPSA) is 39.7 Å². The van der Waals surface area contributed by atoms with E-state index in [9.17, 15) is 0 Å². The fourth-order valence-electron chi connectivity index (χ4n) is 2.54. The van der Waals surface area contributed by atoms with E-state index >= 15 is 0 Å². The minimum Gasteiger partial charge on any atom is -0.490 e. The molecule has 0 heterocycles. The standard InChI is InChI=1S/C17H29NO3/c1-7-17(4,19-6)16(18-5)13-10-11-14(20-8-2)15(12-13)21-9-3/h10-12,16,18H,7-9H2,1-6H3. The number of methoxy groups -OCH3 is 1. The number of rotatable bonds is 9. The average molecular weight is 295 g/mol. The predicted molar refractivity (Wildman–Crippen MR) is 86.3 cm³/mol. The van der Waals surface area contributed by atoms with Crippen molar-refractivity contribution in [2.75, 3.05) is 27.4 Å². The smallest absolute Gasteiger partial charge is 0.161 e. The van der Waals surface area contributed by atoms with Crippen molar-refractivity contribution < 1.29 is 14.2 Å². The number of likely N-dealkylation sites (N-methyl/N-ethyl adjacent to an activating group) is 1. The summed E-state index contributed by atoms with van der Waals surface area (Å²) in [5.74, 6) is 1.57. The van der Waals surface area contributed by atoms with E-state index in [1.54, 1.807) is 7.11 Å². The van der Waals surface area contributed by atoms with E-state index in [4.69, 9.17) is 14.2 Å². The molecule has 4 nitrogen and oxygen atoms in total. The molecule has 120 valence electrons. The Labute approximate surface area is 128 Å². The first kappa shape index (κ1) is 17.8. The fraction of sp³-hybridized carbons (Fsp3) is 0.647. The van der Waals surface area contributed by atoms with E-state index in [1.165, 1.54) is 0 Å². The highest BCUT2D eigenvalue weighted by atomic mass is 16.5. The Morgan fingerprint density at radius 2 is 1.71 bits per heavy atom. The lowest BCUT2D eigenvalue weighted by molar-refractivity contribution is -0.0280. The Bertz CT molecular complexity index is 430. The van der Waals surface area contributed by atoms with Crippen molar-refractivity contribution >= 4 is 0 Å². The van der Waals surface area contributed by atoms with Gasteiger partial charge in [-0.3, -0.25) is 0 Å². The summed E-state index contributed by atoms with van der Waals surface area (Å²) < 4.78 is 17.1. The van der Waals surface area contributed by atoms with Gasteiger partial charge in [-0.05, 0) is 51.9 Å². The van der Waals surface area contributed by atoms with Crippen molar-refractivity contribution in [2.24, 2.45) is 0 Å². The number of hydrogen-bond donors (Lipinski definition) is 1. The molecule has 0 aliphatic heterocycles. The van der Waals surface area contributed by atoms with Crippen molar-refractivity contribution in [1.82, 2.24) is 5.32 Å². The molecule has 1 rings (SSSR count). The van der Waals surface area contributed by atoms with Gasteiger partial charge in [0, 0.05) is 7.11 Å². The van der Waals surface area contributed by atoms with Crippen LogP contribution in [0.1, 0.15) is 45.7 Å². The normalized spacial score (nSPS) is 15.3. The van der Waals surface area contributed by atoms with Crippen molar-refractivity contribution in [2.45, 2.75) is 45.8 Å². The molecular formula is C17H29NO3. The first-order valence-electron chi connectivity index (χ1n) is 7.68. The Hall–Kier alpha value is -1.26. The molecule has 0 fully saturated rings. The van der Waals surface area contributed by atoms with E-state index in [0.29, 0.717) is 13.2 Å². The van der Waals surface area contributed by atoms with E-state index < -0.39 is 0 Å². The SMILES string of the molecule is CCOc1ccc(C(NC)C(C)(CC)OC)cc1OCC. The molecule has 1 aromatic carbocycles. The summed E-state index contributed by atoms with van der Waals surface area (Å²) in [5.41, 5.74) is 0.862. The molecule has 2 atom stereocenters. The van der Waals surface area contributed by atoms with Gasteiger partial charge >= 0.3 is 0 Å². The fourth-order valence-corrected chi connectivity index (χ4v) is 2.54. The zero-order chi connectivity index (χ0) is 15.9. The molecule has 0 radical (unpaired) electrons. The van der Waals surface area contributed by atoms with Gasteiger partial charge < -0.3 is 19.5 Å². The molecule has 1 N–H and O–H groups in total. The summed E-state index contributed by atoms with van der Waals surface area (Å²) >= 11 is 0. The Morgan fingerprint density at radius 1 is 1.10 bits per heavy atom. The van der Waals surface area contributed by atoms with Crippen molar-refractivity contribution in [3.05, 3.63) is 23.8 Å². The molecule has 0 spiro atoms. The number of ether oxygens (including phenoxy) is 3. The lowest BCUT2D eigenvalue weighted by atomic mass is 9.87. The van der Waals surface area contributed by atoms with E-state index in [1.807, 2.05) is 33.0 Å². The molecule has 0 aromatic heterocycles. The third-order valence-corrected chi connectivity index (χ3v) is 3.97. The maximum absolute atomic E-state index is 5.74. The minimum absolute atomic E-state index is 0.0855. The molecule has 0 aliphatic rings. The molecule has 0 saturated heterocycles. The quantitative estimate of drug-likeness (QED) is 0.756. The third kappa shape index (κ3) is 4.11. The Kier molecular flexibility index (Phi) is 6.99. The molecule has 1 aromatic rings. The zero-order valence-electron chi connectivity index (χ0n) is 14.2. The van der Waals surface area contributed by atoms with Gasteiger partial charge in [-0.1, -0.05) is 13.0 Å². The minimum atomic E-state index is -0.272. The zero-order valence-corrected chi connectivity index (χ0v) is 14.2. The van der Waals surface area contributed by atoms with Gasteiger partial charge in [0.05, 0.1) is 24.9 Å². The number of nitrogens with one attached hydrogen (secondary N) is 1. The lowest BCUT2D eigenvalue weighted by Crippen LogP contribution is -2.41. The van der Waals surface area contributed by atoms with Crippen LogP contribution < -0.4 is 14.8 Å². The van der Waals surface area contributed by atoms with Gasteiger partial charge in [-0.15, -0.1) is 0 Å². The molecular weight excluding hydrogens is 266 g/mol. The van der Waals surface area contributed by atoms with Crippen LogP contribution in [0.25, 0.3) is 0 Å². The Morgan fingerprint density at radius 3 is 2.19 bits per heavy atom. The van der Waals surface area contributed by atoms with Crippen LogP contribution in [0.4, 0.5) is 0 Å². The maximum atomic E-state index is 5.74. The van der Waals surface area contributed by atoms with Crippen LogP contribution >= 0.6 is 0 Å². The van der Waals surface area contributed by atoms with Gasteiger partial charge in [0.1, 0.15) is 0 Å². The summed E-state index contributed by atoms with van der Waals surface area (Å²) in [6.45, 7) is 9.43. The maximum Gasteiger partial charge on any atom is 0.161 e. The summed E-state index contributed by atoms with van der Waals surface area (Å²) in [4.78, 5) is 0. The highest BCUT2D eigenvalue weighted by Crippen LogP contribution is 2.36. The van der Waals surface area contributed by atoms with E-state index in [0.717, 1.165) is 23.5 Å². The summed E-state index contributed by atoms with van der Waals surface area (Å²) in [5, 5.41) is 3.36. The third-order valence-electron chi connectivity index (χ3n) is 3.97. The summed E-state index contributed by atoms with van der Waals surface area (Å²) in [6, 6.07) is 6.17. The lowest BCUT2D eigenvalue weighted by Gasteiger charge is -2.36. The highest BCUT2D eigenvalue weighted by Gasteiger charge is 2.33. The second-order valence-electron chi connectivity index (χ2n) is 5.16. The van der Waals surface area contributed by atoms with Crippen LogP contribution in [-0.2, 0) is 4.74 Å². The van der Waals surface area contributed by atoms with Crippen molar-refractivity contribution in [3.63, 3.8) is 0 Å². The molecule has 0 aliphatic carbocycles. The molecule has 0 bridgehead atoms. The van der Waals surface area contributed by atoms with Gasteiger partial charge in [0.2, 0.25) is 0 Å². The second-order valence-corrected chi connectivity index (χ2v) is 5.16. The molecule has 0 amide bonds. The first-order valence-corrected chi connectivity index (χ1v) is 7.68. The molecule has 0 saturated carbocycles. The van der Waals surface area contributed by atoms with Crippen LogP contribution in [0.15, 0.2) is 18.2 Å². The van der Waals surface area contributed by atoms with Gasteiger partial charge in [-0.25, -0.2) is 0 Å². The van der Waals surface area contributed by atoms with Gasteiger partial charge in [-0.2, -0.15) is 0 Å². The van der Waals surface area contributed by atoms with Crippen LogP contribution in [0.3, 0.4) is 0 Å². The highest BCUT2D eigenvalue weighted by molar-refractivity contribution is 5.44. The van der Waals surface area contributed by atoms with Crippen LogP contribution in [-0.4, -0.2) is 33.0 Å². The largest absolute Gasteiger partial charge is 0.490 e. The summed E-state index contributed by atoms with van der Waals surface area (Å²) in [6.07, 6.45) is 0.909. The van der Waals surface area contributed by atoms with Crippen molar-refractivity contribution in [3.8, 4) is 11.5 Å². The second kappa shape index (κ2) is 8.25. The average Bonchev–Trinajstić information content (AvgIpc) is 2.50. The van der Waals surface area contributed by atoms with Crippen LogP contribution in [0.2, 0.25) is 0 Å². The monoisotopic (exact) mass is 295 g/mol. The van der Waals surface area contributed by atoms with Gasteiger partial charge in [0.15, 0.2) is 11.5 Å². The number of hydrogen-bond acceptors (Lipinski definition) is 4. The molecule has 2 unspecified atom stereocenters. The predicted octanol–water partition coefficient (Wildman–Crippen LogP) is 3.56. The van der Waals surface area contributed by atoms with Gasteiger partial charge in [0.25, 0.3) is 0 Å². The Balaban J connectivity index is 3.18. The molecule has 4 heteroatoms. The first-order chi connectivity index (χ1) is 10.1. The summed E-state index contributed by atoms with van der Waals surface area (Å²) in [7, 11) is 3.71. The van der Waals surface area contributed by atoms with Crippen LogP contribution in [0.5, 0.6) is 11.5 Å². The van der Waals surface area contributed by atoms with E-state index in [2.05, 4.69) is 25.2 Å². The molecule has 21 heavy (non-hydrogen) atoms.